The Bertz CT molecular complexity index is 602. The summed E-state index contributed by atoms with van der Waals surface area (Å²) in [6, 6.07) is 7.76. The van der Waals surface area contributed by atoms with E-state index < -0.39 is 0 Å². The molecular weight excluding hydrogens is 368 g/mol. The van der Waals surface area contributed by atoms with E-state index in [0.717, 1.165) is 36.6 Å². The molecule has 0 aromatic heterocycles. The smallest absolute Gasteiger partial charge is 0.251 e. The Morgan fingerprint density at radius 3 is 2.75 bits per heavy atom. The minimum Gasteiger partial charge on any atom is -0.353 e. The van der Waals surface area contributed by atoms with Crippen LogP contribution in [-0.4, -0.2) is 23.9 Å². The Morgan fingerprint density at radius 2 is 2.04 bits per heavy atom. The highest BCUT2D eigenvalue weighted by molar-refractivity contribution is 9.10. The van der Waals surface area contributed by atoms with Gasteiger partial charge in [-0.3, -0.25) is 9.59 Å². The fraction of sp³-hybridized carbons (Fsp3) is 0.579. The first-order valence-electron chi connectivity index (χ1n) is 8.92. The van der Waals surface area contributed by atoms with Crippen molar-refractivity contribution >= 4 is 27.7 Å². The van der Waals surface area contributed by atoms with Gasteiger partial charge in [0.05, 0.1) is 0 Å². The third-order valence-corrected chi connectivity index (χ3v) is 5.93. The molecule has 1 heterocycles. The fourth-order valence-corrected chi connectivity index (χ4v) is 4.53. The van der Waals surface area contributed by atoms with E-state index in [4.69, 9.17) is 0 Å². The number of carbonyl (C=O) groups excluding carboxylic acids is 2. The number of halogens is 1. The molecule has 2 fully saturated rings. The minimum absolute atomic E-state index is 0.0294. The molecule has 1 aromatic carbocycles. The van der Waals surface area contributed by atoms with Gasteiger partial charge in [0.2, 0.25) is 5.91 Å². The van der Waals surface area contributed by atoms with E-state index >= 15 is 0 Å². The van der Waals surface area contributed by atoms with Crippen LogP contribution in [0.5, 0.6) is 0 Å². The van der Waals surface area contributed by atoms with Crippen LogP contribution < -0.4 is 10.6 Å². The molecule has 2 N–H and O–H groups in total. The number of hydrogen-bond donors (Lipinski definition) is 2. The first-order valence-corrected chi connectivity index (χ1v) is 9.72. The van der Waals surface area contributed by atoms with E-state index in [1.807, 2.05) is 24.3 Å². The van der Waals surface area contributed by atoms with Crippen molar-refractivity contribution in [3.63, 3.8) is 0 Å². The van der Waals surface area contributed by atoms with Gasteiger partial charge in [-0.1, -0.05) is 29.3 Å². The molecule has 1 aliphatic carbocycles. The van der Waals surface area contributed by atoms with Gasteiger partial charge in [-0.05, 0) is 61.8 Å². The van der Waals surface area contributed by atoms with Crippen LogP contribution in [0.3, 0.4) is 0 Å². The lowest BCUT2D eigenvalue weighted by molar-refractivity contribution is -0.127. The third-order valence-electron chi connectivity index (χ3n) is 5.40. The molecule has 1 aromatic rings. The Morgan fingerprint density at radius 1 is 1.29 bits per heavy atom. The number of amides is 2. The number of rotatable bonds is 4. The zero-order valence-electron chi connectivity index (χ0n) is 14.1. The highest BCUT2D eigenvalue weighted by Gasteiger charge is 2.40. The maximum Gasteiger partial charge on any atom is 0.251 e. The van der Waals surface area contributed by atoms with Crippen LogP contribution in [0.2, 0.25) is 0 Å². The van der Waals surface area contributed by atoms with Crippen molar-refractivity contribution in [3.8, 4) is 0 Å². The molecule has 3 rings (SSSR count). The lowest BCUT2D eigenvalue weighted by Crippen LogP contribution is -2.55. The SMILES string of the molecule is CCCC1CC(=O)NC2CC(NC(=O)c3ccc(Br)cc3)CCC12. The number of carbonyl (C=O) groups is 2. The Balaban J connectivity index is 1.61. The second-order valence-corrected chi connectivity index (χ2v) is 8.00. The van der Waals surface area contributed by atoms with Gasteiger partial charge in [-0.15, -0.1) is 0 Å². The minimum atomic E-state index is -0.0294. The first-order chi connectivity index (χ1) is 11.6. The lowest BCUT2D eigenvalue weighted by Gasteiger charge is -2.44. The highest BCUT2D eigenvalue weighted by Crippen LogP contribution is 2.37. The molecule has 0 spiro atoms. The molecule has 1 saturated carbocycles. The van der Waals surface area contributed by atoms with Crippen molar-refractivity contribution in [2.24, 2.45) is 11.8 Å². The van der Waals surface area contributed by atoms with E-state index in [0.29, 0.717) is 23.8 Å². The normalized spacial score (nSPS) is 29.5. The Hall–Kier alpha value is -1.36. The van der Waals surface area contributed by atoms with Gasteiger partial charge in [-0.25, -0.2) is 0 Å². The molecule has 130 valence electrons. The van der Waals surface area contributed by atoms with Crippen LogP contribution in [0.15, 0.2) is 28.7 Å². The topological polar surface area (TPSA) is 58.2 Å². The van der Waals surface area contributed by atoms with E-state index in [1.54, 1.807) is 0 Å². The molecule has 0 bridgehead atoms. The summed E-state index contributed by atoms with van der Waals surface area (Å²) in [6.07, 6.45) is 5.86. The predicted molar refractivity (Wildman–Crippen MR) is 97.7 cm³/mol. The Kier molecular flexibility index (Phi) is 5.59. The molecule has 4 nitrogen and oxygen atoms in total. The predicted octanol–water partition coefficient (Wildman–Crippen LogP) is 3.65. The van der Waals surface area contributed by atoms with E-state index in [-0.39, 0.29) is 23.9 Å². The van der Waals surface area contributed by atoms with Crippen LogP contribution in [0.1, 0.15) is 55.8 Å². The summed E-state index contributed by atoms with van der Waals surface area (Å²) in [5.74, 6) is 1.23. The maximum absolute atomic E-state index is 12.4. The van der Waals surface area contributed by atoms with Gasteiger partial charge >= 0.3 is 0 Å². The van der Waals surface area contributed by atoms with E-state index in [2.05, 4.69) is 33.5 Å². The summed E-state index contributed by atoms with van der Waals surface area (Å²) in [5, 5.41) is 6.30. The van der Waals surface area contributed by atoms with Gasteiger partial charge in [0, 0.05) is 28.5 Å². The molecule has 5 heteroatoms. The molecule has 4 unspecified atom stereocenters. The summed E-state index contributed by atoms with van der Waals surface area (Å²) in [7, 11) is 0. The zero-order chi connectivity index (χ0) is 17.1. The number of nitrogens with one attached hydrogen (secondary N) is 2. The average molecular weight is 393 g/mol. The Labute approximate surface area is 151 Å². The van der Waals surface area contributed by atoms with Gasteiger partial charge in [-0.2, -0.15) is 0 Å². The quantitative estimate of drug-likeness (QED) is 0.821. The molecule has 1 aliphatic heterocycles. The molecule has 2 aliphatic rings. The zero-order valence-corrected chi connectivity index (χ0v) is 15.6. The number of fused-ring (bicyclic) bond motifs is 1. The van der Waals surface area contributed by atoms with Gasteiger partial charge < -0.3 is 10.6 Å². The summed E-state index contributed by atoms with van der Waals surface area (Å²) in [4.78, 5) is 24.4. The van der Waals surface area contributed by atoms with Gasteiger partial charge in [0.1, 0.15) is 0 Å². The number of benzene rings is 1. The second kappa shape index (κ2) is 7.68. The summed E-state index contributed by atoms with van der Waals surface area (Å²) in [6.45, 7) is 2.19. The van der Waals surface area contributed by atoms with Crippen molar-refractivity contribution in [2.45, 2.75) is 57.5 Å². The fourth-order valence-electron chi connectivity index (χ4n) is 4.27. The third kappa shape index (κ3) is 4.00. The van der Waals surface area contributed by atoms with Gasteiger partial charge in [0.25, 0.3) is 5.91 Å². The molecule has 0 radical (unpaired) electrons. The largest absolute Gasteiger partial charge is 0.353 e. The van der Waals surface area contributed by atoms with Crippen LogP contribution >= 0.6 is 15.9 Å². The van der Waals surface area contributed by atoms with Crippen molar-refractivity contribution in [3.05, 3.63) is 34.3 Å². The van der Waals surface area contributed by atoms with E-state index in [9.17, 15) is 9.59 Å². The molecule has 4 atom stereocenters. The molecule has 1 saturated heterocycles. The molecule has 2 amide bonds. The first kappa shape index (κ1) is 17.5. The molecule has 24 heavy (non-hydrogen) atoms. The summed E-state index contributed by atoms with van der Waals surface area (Å²) >= 11 is 3.38. The van der Waals surface area contributed by atoms with Crippen molar-refractivity contribution in [2.75, 3.05) is 0 Å². The standard InChI is InChI=1S/C19H25BrN2O2/c1-2-3-13-10-18(23)22-17-11-15(8-9-16(13)17)21-19(24)12-4-6-14(20)7-5-12/h4-7,13,15-17H,2-3,8-11H2,1H3,(H,21,24)(H,22,23). The highest BCUT2D eigenvalue weighted by atomic mass is 79.9. The van der Waals surface area contributed by atoms with Crippen LogP contribution in [0.4, 0.5) is 0 Å². The maximum atomic E-state index is 12.4. The van der Waals surface area contributed by atoms with Crippen LogP contribution in [-0.2, 0) is 4.79 Å². The molecular formula is C19H25BrN2O2. The number of hydrogen-bond acceptors (Lipinski definition) is 2. The van der Waals surface area contributed by atoms with Gasteiger partial charge in [0.15, 0.2) is 0 Å². The average Bonchev–Trinajstić information content (AvgIpc) is 2.55. The summed E-state index contributed by atoms with van der Waals surface area (Å²) < 4.78 is 0.964. The summed E-state index contributed by atoms with van der Waals surface area (Å²) in [5.41, 5.74) is 0.678. The van der Waals surface area contributed by atoms with Crippen molar-refractivity contribution < 1.29 is 9.59 Å². The number of piperidine rings is 1. The van der Waals surface area contributed by atoms with Crippen molar-refractivity contribution in [1.29, 1.82) is 0 Å². The van der Waals surface area contributed by atoms with E-state index in [1.165, 1.54) is 0 Å². The monoisotopic (exact) mass is 392 g/mol. The second-order valence-electron chi connectivity index (χ2n) is 7.08. The lowest BCUT2D eigenvalue weighted by atomic mass is 9.70. The van der Waals surface area contributed by atoms with Crippen LogP contribution in [0, 0.1) is 11.8 Å². The van der Waals surface area contributed by atoms with Crippen molar-refractivity contribution in [1.82, 2.24) is 10.6 Å². The van der Waals surface area contributed by atoms with Crippen LogP contribution in [0.25, 0.3) is 0 Å².